The number of hydrogen-bond donors (Lipinski definition) is 2. The number of benzene rings is 2. The number of nitrogens with one attached hydrogen (secondary N) is 2. The van der Waals surface area contributed by atoms with Gasteiger partial charge in [0.05, 0.1) is 13.2 Å². The number of aromatic nitrogens is 2. The number of ether oxygens (including phenoxy) is 1. The molecule has 1 aliphatic rings. The fraction of sp³-hybridized carbons (Fsp3) is 0.208. The molecule has 0 radical (unpaired) electrons. The Bertz CT molecular complexity index is 1100. The highest BCUT2D eigenvalue weighted by atomic mass is 32.2. The fourth-order valence-corrected chi connectivity index (χ4v) is 4.07. The third kappa shape index (κ3) is 5.66. The third-order valence-electron chi connectivity index (χ3n) is 4.93. The fourth-order valence-electron chi connectivity index (χ4n) is 3.23. The standard InChI is InChI=1S/C24H25N5O2S/c1-3-22(30)26-18-7-9-21(10-8-18)32-23-17(2)16-25-24(28-23)27-19-5-4-6-20(15-19)29-11-13-31-14-12-29/h3-10,15-16H,1,11-14H2,2H3,(H,26,30)(H,25,27,28). The van der Waals surface area contributed by atoms with E-state index in [-0.39, 0.29) is 5.91 Å². The zero-order valence-electron chi connectivity index (χ0n) is 17.9. The number of anilines is 4. The van der Waals surface area contributed by atoms with E-state index in [0.29, 0.717) is 5.95 Å². The Morgan fingerprint density at radius 3 is 2.69 bits per heavy atom. The lowest BCUT2D eigenvalue weighted by Gasteiger charge is -2.29. The lowest BCUT2D eigenvalue weighted by atomic mass is 10.2. The monoisotopic (exact) mass is 447 g/mol. The first kappa shape index (κ1) is 21.9. The van der Waals surface area contributed by atoms with E-state index in [1.807, 2.05) is 49.5 Å². The normalized spacial score (nSPS) is 13.5. The van der Waals surface area contributed by atoms with E-state index in [1.165, 1.54) is 6.08 Å². The summed E-state index contributed by atoms with van der Waals surface area (Å²) >= 11 is 1.55. The summed E-state index contributed by atoms with van der Waals surface area (Å²) in [5, 5.41) is 6.94. The van der Waals surface area contributed by atoms with Crippen LogP contribution in [0.1, 0.15) is 5.56 Å². The predicted octanol–water partition coefficient (Wildman–Crippen LogP) is 4.64. The minimum atomic E-state index is -0.231. The SMILES string of the molecule is C=CC(=O)Nc1ccc(Sc2nc(Nc3cccc(N4CCOCC4)c3)ncc2C)cc1. The van der Waals surface area contributed by atoms with Gasteiger partial charge in [-0.15, -0.1) is 0 Å². The molecule has 2 N–H and O–H groups in total. The summed E-state index contributed by atoms with van der Waals surface area (Å²) in [6.07, 6.45) is 3.07. The molecule has 0 unspecified atom stereocenters. The Balaban J connectivity index is 1.46. The van der Waals surface area contributed by atoms with Gasteiger partial charge in [-0.25, -0.2) is 9.97 Å². The van der Waals surface area contributed by atoms with Gasteiger partial charge in [0.25, 0.3) is 0 Å². The predicted molar refractivity (Wildman–Crippen MR) is 129 cm³/mol. The van der Waals surface area contributed by atoms with E-state index in [0.717, 1.165) is 58.9 Å². The second-order valence-electron chi connectivity index (χ2n) is 7.28. The number of hydrogen-bond acceptors (Lipinski definition) is 7. The maximum absolute atomic E-state index is 11.4. The molecule has 0 saturated carbocycles. The van der Waals surface area contributed by atoms with E-state index in [1.54, 1.807) is 11.8 Å². The topological polar surface area (TPSA) is 79.4 Å². The summed E-state index contributed by atoms with van der Waals surface area (Å²) in [5.41, 5.74) is 3.81. The smallest absolute Gasteiger partial charge is 0.247 e. The van der Waals surface area contributed by atoms with Crippen molar-refractivity contribution in [2.24, 2.45) is 0 Å². The van der Waals surface area contributed by atoms with Crippen molar-refractivity contribution in [2.45, 2.75) is 16.8 Å². The number of carbonyl (C=O) groups is 1. The first-order chi connectivity index (χ1) is 15.6. The van der Waals surface area contributed by atoms with E-state index >= 15 is 0 Å². The summed E-state index contributed by atoms with van der Waals surface area (Å²) in [7, 11) is 0. The minimum Gasteiger partial charge on any atom is -0.378 e. The molecule has 2 aromatic carbocycles. The molecule has 32 heavy (non-hydrogen) atoms. The van der Waals surface area contributed by atoms with Crippen molar-refractivity contribution in [1.82, 2.24) is 9.97 Å². The summed E-state index contributed by atoms with van der Waals surface area (Å²) < 4.78 is 5.45. The van der Waals surface area contributed by atoms with Crippen LogP contribution in [0, 0.1) is 6.92 Å². The molecule has 1 aromatic heterocycles. The average molecular weight is 448 g/mol. The van der Waals surface area contributed by atoms with Gasteiger partial charge in [-0.1, -0.05) is 24.4 Å². The van der Waals surface area contributed by atoms with Crippen LogP contribution in [0.15, 0.2) is 77.3 Å². The van der Waals surface area contributed by atoms with Crippen molar-refractivity contribution in [2.75, 3.05) is 41.8 Å². The summed E-state index contributed by atoms with van der Waals surface area (Å²) in [6, 6.07) is 15.9. The van der Waals surface area contributed by atoms with E-state index < -0.39 is 0 Å². The number of carbonyl (C=O) groups excluding carboxylic acids is 1. The van der Waals surface area contributed by atoms with Crippen molar-refractivity contribution in [3.63, 3.8) is 0 Å². The van der Waals surface area contributed by atoms with Crippen LogP contribution in [0.25, 0.3) is 0 Å². The molecule has 0 bridgehead atoms. The van der Waals surface area contributed by atoms with Gasteiger partial charge in [0.2, 0.25) is 11.9 Å². The molecule has 4 rings (SSSR count). The molecule has 0 spiro atoms. The van der Waals surface area contributed by atoms with Crippen molar-refractivity contribution in [3.05, 3.63) is 72.9 Å². The van der Waals surface area contributed by atoms with Gasteiger partial charge in [0.1, 0.15) is 5.03 Å². The summed E-state index contributed by atoms with van der Waals surface area (Å²) in [5.74, 6) is 0.317. The molecular formula is C24H25N5O2S. The van der Waals surface area contributed by atoms with Crippen molar-refractivity contribution >= 4 is 40.7 Å². The zero-order valence-corrected chi connectivity index (χ0v) is 18.7. The van der Waals surface area contributed by atoms with Crippen LogP contribution >= 0.6 is 11.8 Å². The molecule has 3 aromatic rings. The molecule has 1 amide bonds. The highest BCUT2D eigenvalue weighted by molar-refractivity contribution is 7.99. The molecule has 0 atom stereocenters. The second-order valence-corrected chi connectivity index (χ2v) is 8.34. The Kier molecular flexibility index (Phi) is 7.03. The minimum absolute atomic E-state index is 0.231. The average Bonchev–Trinajstić information content (AvgIpc) is 2.83. The number of nitrogens with zero attached hydrogens (tertiary/aromatic N) is 3. The van der Waals surface area contributed by atoms with Crippen LogP contribution in [-0.4, -0.2) is 42.2 Å². The van der Waals surface area contributed by atoms with Gasteiger partial charge in [0.15, 0.2) is 0 Å². The van der Waals surface area contributed by atoms with Gasteiger partial charge < -0.3 is 20.3 Å². The molecule has 1 fully saturated rings. The van der Waals surface area contributed by atoms with Gasteiger partial charge in [0, 0.05) is 46.8 Å². The van der Waals surface area contributed by atoms with Crippen LogP contribution in [0.4, 0.5) is 23.0 Å². The highest BCUT2D eigenvalue weighted by Crippen LogP contribution is 2.30. The molecule has 164 valence electrons. The lowest BCUT2D eigenvalue weighted by Crippen LogP contribution is -2.36. The van der Waals surface area contributed by atoms with Gasteiger partial charge in [-0.05, 0) is 55.5 Å². The Morgan fingerprint density at radius 1 is 1.16 bits per heavy atom. The lowest BCUT2D eigenvalue weighted by molar-refractivity contribution is -0.111. The van der Waals surface area contributed by atoms with E-state index in [4.69, 9.17) is 9.72 Å². The maximum atomic E-state index is 11.4. The van der Waals surface area contributed by atoms with Crippen molar-refractivity contribution in [3.8, 4) is 0 Å². The maximum Gasteiger partial charge on any atom is 0.247 e. The molecule has 8 heteroatoms. The second kappa shape index (κ2) is 10.3. The molecule has 0 aliphatic carbocycles. The molecule has 2 heterocycles. The van der Waals surface area contributed by atoms with Gasteiger partial charge >= 0.3 is 0 Å². The molecular weight excluding hydrogens is 422 g/mol. The Morgan fingerprint density at radius 2 is 1.94 bits per heavy atom. The summed E-state index contributed by atoms with van der Waals surface area (Å²) in [4.78, 5) is 23.9. The summed E-state index contributed by atoms with van der Waals surface area (Å²) in [6.45, 7) is 8.74. The van der Waals surface area contributed by atoms with Crippen LogP contribution < -0.4 is 15.5 Å². The first-order valence-corrected chi connectivity index (χ1v) is 11.2. The number of amides is 1. The van der Waals surface area contributed by atoms with E-state index in [9.17, 15) is 4.79 Å². The molecule has 7 nitrogen and oxygen atoms in total. The Hall–Kier alpha value is -3.36. The van der Waals surface area contributed by atoms with Crippen molar-refractivity contribution in [1.29, 1.82) is 0 Å². The third-order valence-corrected chi connectivity index (χ3v) is 6.04. The van der Waals surface area contributed by atoms with Crippen molar-refractivity contribution < 1.29 is 9.53 Å². The zero-order chi connectivity index (χ0) is 22.3. The van der Waals surface area contributed by atoms with Gasteiger partial charge in [-0.2, -0.15) is 0 Å². The van der Waals surface area contributed by atoms with Gasteiger partial charge in [-0.3, -0.25) is 4.79 Å². The highest BCUT2D eigenvalue weighted by Gasteiger charge is 2.12. The van der Waals surface area contributed by atoms with Crippen LogP contribution in [0.5, 0.6) is 0 Å². The number of aryl methyl sites for hydroxylation is 1. The molecule has 1 aliphatic heterocycles. The number of rotatable bonds is 7. The Labute approximate surface area is 191 Å². The quantitative estimate of drug-likeness (QED) is 0.403. The number of morpholine rings is 1. The van der Waals surface area contributed by atoms with Crippen LogP contribution in [0.3, 0.4) is 0 Å². The van der Waals surface area contributed by atoms with Crippen LogP contribution in [-0.2, 0) is 9.53 Å². The largest absolute Gasteiger partial charge is 0.378 e. The molecule has 1 saturated heterocycles. The van der Waals surface area contributed by atoms with E-state index in [2.05, 4.69) is 39.2 Å². The first-order valence-electron chi connectivity index (χ1n) is 10.4. The van der Waals surface area contributed by atoms with Crippen LogP contribution in [0.2, 0.25) is 0 Å².